The summed E-state index contributed by atoms with van der Waals surface area (Å²) in [5.41, 5.74) is 0.936. The maximum atomic E-state index is 8.58. The summed E-state index contributed by atoms with van der Waals surface area (Å²) in [4.78, 5) is 10.2. The van der Waals surface area contributed by atoms with Gasteiger partial charge >= 0.3 is 0 Å². The first-order valence-electron chi connectivity index (χ1n) is 4.53. The minimum absolute atomic E-state index is 0.175. The number of hydrogen-bond acceptors (Lipinski definition) is 4. The average Bonchev–Trinajstić information content (AvgIpc) is 2.17. The topological polar surface area (TPSA) is 52.8 Å². The molecule has 1 aromatic heterocycles. The van der Waals surface area contributed by atoms with Crippen LogP contribution in [-0.2, 0) is 0 Å². The molecule has 0 aromatic carbocycles. The molecule has 0 amide bonds. The monoisotopic (exact) mass is 190 g/mol. The van der Waals surface area contributed by atoms with Gasteiger partial charge in [0.15, 0.2) is 0 Å². The van der Waals surface area contributed by atoms with Gasteiger partial charge in [-0.3, -0.25) is 0 Å². The Labute approximate surface area is 84.2 Å². The van der Waals surface area contributed by atoms with Crippen molar-refractivity contribution in [3.63, 3.8) is 0 Å². The van der Waals surface area contributed by atoms with Crippen LogP contribution in [0.15, 0.2) is 12.4 Å². The number of aromatic nitrogens is 2. The Morgan fingerprint density at radius 1 is 1.57 bits per heavy atom. The molecule has 0 bridgehead atoms. The van der Waals surface area contributed by atoms with Crippen molar-refractivity contribution in [2.45, 2.75) is 26.3 Å². The zero-order chi connectivity index (χ0) is 10.6. The molecule has 1 aromatic rings. The van der Waals surface area contributed by atoms with Gasteiger partial charge in [0.1, 0.15) is 12.1 Å². The van der Waals surface area contributed by atoms with Gasteiger partial charge < -0.3 is 4.90 Å². The van der Waals surface area contributed by atoms with Gasteiger partial charge in [0.25, 0.3) is 0 Å². The van der Waals surface area contributed by atoms with E-state index in [2.05, 4.69) is 16.0 Å². The van der Waals surface area contributed by atoms with Crippen LogP contribution in [-0.4, -0.2) is 23.1 Å². The lowest BCUT2D eigenvalue weighted by Gasteiger charge is -2.23. The van der Waals surface area contributed by atoms with Gasteiger partial charge in [0.05, 0.1) is 12.5 Å². The Bertz CT molecular complexity index is 342. The predicted octanol–water partition coefficient (Wildman–Crippen LogP) is 1.52. The van der Waals surface area contributed by atoms with Gasteiger partial charge in [-0.15, -0.1) is 0 Å². The second-order valence-corrected chi connectivity index (χ2v) is 3.34. The molecule has 0 aliphatic rings. The first-order chi connectivity index (χ1) is 6.65. The molecular formula is C10H14N4. The van der Waals surface area contributed by atoms with Gasteiger partial charge in [0, 0.05) is 24.8 Å². The second-order valence-electron chi connectivity index (χ2n) is 3.34. The second kappa shape index (κ2) is 4.56. The van der Waals surface area contributed by atoms with Gasteiger partial charge in [0.2, 0.25) is 0 Å². The van der Waals surface area contributed by atoms with E-state index in [1.165, 1.54) is 0 Å². The summed E-state index contributed by atoms with van der Waals surface area (Å²) in [6.45, 7) is 3.93. The third-order valence-electron chi connectivity index (χ3n) is 2.20. The highest BCUT2D eigenvalue weighted by atomic mass is 15.2. The molecule has 4 nitrogen and oxygen atoms in total. The highest BCUT2D eigenvalue weighted by Crippen LogP contribution is 2.12. The van der Waals surface area contributed by atoms with Crippen LogP contribution in [0, 0.1) is 18.3 Å². The highest BCUT2D eigenvalue weighted by molar-refractivity contribution is 5.38. The van der Waals surface area contributed by atoms with E-state index < -0.39 is 0 Å². The van der Waals surface area contributed by atoms with Crippen LogP contribution in [0.25, 0.3) is 0 Å². The summed E-state index contributed by atoms with van der Waals surface area (Å²) in [6, 6.07) is 4.23. The quantitative estimate of drug-likeness (QED) is 0.725. The molecule has 0 N–H and O–H groups in total. The molecule has 0 aliphatic carbocycles. The fraction of sp³-hybridized carbons (Fsp3) is 0.500. The normalized spacial score (nSPS) is 11.9. The van der Waals surface area contributed by atoms with Gasteiger partial charge in [-0.05, 0) is 13.8 Å². The molecule has 14 heavy (non-hydrogen) atoms. The maximum Gasteiger partial charge on any atom is 0.132 e. The Hall–Kier alpha value is -1.63. The molecule has 0 fully saturated rings. The number of hydrogen-bond donors (Lipinski definition) is 0. The predicted molar refractivity (Wildman–Crippen MR) is 54.9 cm³/mol. The largest absolute Gasteiger partial charge is 0.356 e. The SMILES string of the molecule is Cc1cc(N(C)C(C)CC#N)ncn1. The molecule has 1 unspecified atom stereocenters. The van der Waals surface area contributed by atoms with E-state index in [4.69, 9.17) is 5.26 Å². The molecule has 1 atom stereocenters. The van der Waals surface area contributed by atoms with Crippen molar-refractivity contribution < 1.29 is 0 Å². The lowest BCUT2D eigenvalue weighted by atomic mass is 10.2. The van der Waals surface area contributed by atoms with E-state index in [1.54, 1.807) is 6.33 Å². The summed E-state index contributed by atoms with van der Waals surface area (Å²) in [6.07, 6.45) is 2.04. The van der Waals surface area contributed by atoms with E-state index in [0.29, 0.717) is 6.42 Å². The van der Waals surface area contributed by atoms with Crippen molar-refractivity contribution in [1.82, 2.24) is 9.97 Å². The van der Waals surface area contributed by atoms with Crippen LogP contribution < -0.4 is 4.90 Å². The van der Waals surface area contributed by atoms with E-state index in [0.717, 1.165) is 11.5 Å². The van der Waals surface area contributed by atoms with Gasteiger partial charge in [-0.25, -0.2) is 9.97 Å². The summed E-state index contributed by atoms with van der Waals surface area (Å²) in [5.74, 6) is 0.861. The fourth-order valence-electron chi connectivity index (χ4n) is 1.13. The molecule has 1 rings (SSSR count). The van der Waals surface area contributed by atoms with E-state index in [9.17, 15) is 0 Å². The zero-order valence-corrected chi connectivity index (χ0v) is 8.73. The summed E-state index contributed by atoms with van der Waals surface area (Å²) >= 11 is 0. The molecule has 0 saturated heterocycles. The molecule has 1 heterocycles. The lowest BCUT2D eigenvalue weighted by molar-refractivity contribution is 0.692. The van der Waals surface area contributed by atoms with Crippen molar-refractivity contribution in [1.29, 1.82) is 5.26 Å². The molecule has 74 valence electrons. The van der Waals surface area contributed by atoms with Gasteiger partial charge in [-0.1, -0.05) is 0 Å². The number of aryl methyl sites for hydroxylation is 1. The maximum absolute atomic E-state index is 8.58. The molecule has 0 radical (unpaired) electrons. The van der Waals surface area contributed by atoms with Crippen molar-refractivity contribution in [2.24, 2.45) is 0 Å². The van der Waals surface area contributed by atoms with Crippen LogP contribution in [0.5, 0.6) is 0 Å². The van der Waals surface area contributed by atoms with Gasteiger partial charge in [-0.2, -0.15) is 5.26 Å². The number of rotatable bonds is 3. The molecule has 4 heteroatoms. The van der Waals surface area contributed by atoms with E-state index in [-0.39, 0.29) is 6.04 Å². The molecule has 0 spiro atoms. The average molecular weight is 190 g/mol. The summed E-state index contributed by atoms with van der Waals surface area (Å²) < 4.78 is 0. The van der Waals surface area contributed by atoms with E-state index >= 15 is 0 Å². The van der Waals surface area contributed by atoms with Crippen molar-refractivity contribution in [2.75, 3.05) is 11.9 Å². The number of nitrogens with zero attached hydrogens (tertiary/aromatic N) is 4. The van der Waals surface area contributed by atoms with Crippen molar-refractivity contribution >= 4 is 5.82 Å². The van der Waals surface area contributed by atoms with Crippen LogP contribution in [0.3, 0.4) is 0 Å². The first kappa shape index (κ1) is 10.5. The summed E-state index contributed by atoms with van der Waals surface area (Å²) in [5, 5.41) is 8.58. The Morgan fingerprint density at radius 3 is 2.86 bits per heavy atom. The molecular weight excluding hydrogens is 176 g/mol. The molecule has 0 saturated carbocycles. The van der Waals surface area contributed by atoms with Crippen LogP contribution >= 0.6 is 0 Å². The minimum Gasteiger partial charge on any atom is -0.356 e. The minimum atomic E-state index is 0.175. The smallest absolute Gasteiger partial charge is 0.132 e. The zero-order valence-electron chi connectivity index (χ0n) is 8.73. The van der Waals surface area contributed by atoms with Crippen LogP contribution in [0.4, 0.5) is 5.82 Å². The van der Waals surface area contributed by atoms with Crippen molar-refractivity contribution in [3.05, 3.63) is 18.1 Å². The standard InChI is InChI=1S/C10H14N4/c1-8-6-10(13-7-12-8)14(3)9(2)4-5-11/h6-7,9H,4H2,1-3H3. The van der Waals surface area contributed by atoms with Crippen LogP contribution in [0.2, 0.25) is 0 Å². The Balaban J connectivity index is 2.79. The highest BCUT2D eigenvalue weighted by Gasteiger charge is 2.10. The Morgan fingerprint density at radius 2 is 2.29 bits per heavy atom. The number of anilines is 1. The van der Waals surface area contributed by atoms with Crippen LogP contribution in [0.1, 0.15) is 19.0 Å². The molecule has 0 aliphatic heterocycles. The Kier molecular flexibility index (Phi) is 3.41. The van der Waals surface area contributed by atoms with E-state index in [1.807, 2.05) is 31.9 Å². The lowest BCUT2D eigenvalue weighted by Crippen LogP contribution is -2.29. The third kappa shape index (κ3) is 2.43. The fourth-order valence-corrected chi connectivity index (χ4v) is 1.13. The number of nitriles is 1. The summed E-state index contributed by atoms with van der Waals surface area (Å²) in [7, 11) is 1.93. The third-order valence-corrected chi connectivity index (χ3v) is 2.20. The van der Waals surface area contributed by atoms with Crippen molar-refractivity contribution in [3.8, 4) is 6.07 Å². The first-order valence-corrected chi connectivity index (χ1v) is 4.53.